The predicted molar refractivity (Wildman–Crippen MR) is 89.4 cm³/mol. The SMILES string of the molecule is CC(C)c1ccc(/C=C/C(=O)NCCCn2cccn2)cc1. The van der Waals surface area contributed by atoms with Gasteiger partial charge in [-0.05, 0) is 35.6 Å². The average Bonchev–Trinajstić information content (AvgIpc) is 3.03. The van der Waals surface area contributed by atoms with Crippen LogP contribution in [0.1, 0.15) is 37.3 Å². The van der Waals surface area contributed by atoms with Crippen LogP contribution in [-0.2, 0) is 11.3 Å². The second-order valence-corrected chi connectivity index (χ2v) is 5.57. The van der Waals surface area contributed by atoms with Crippen molar-refractivity contribution in [2.24, 2.45) is 0 Å². The van der Waals surface area contributed by atoms with Gasteiger partial charge in [-0.25, -0.2) is 0 Å². The molecule has 22 heavy (non-hydrogen) atoms. The minimum atomic E-state index is -0.0617. The molecule has 0 radical (unpaired) electrons. The number of aryl methyl sites for hydroxylation is 1. The molecule has 0 bridgehead atoms. The zero-order chi connectivity index (χ0) is 15.8. The summed E-state index contributed by atoms with van der Waals surface area (Å²) in [5.74, 6) is 0.463. The van der Waals surface area contributed by atoms with Gasteiger partial charge in [-0.1, -0.05) is 38.1 Å². The van der Waals surface area contributed by atoms with Crippen molar-refractivity contribution in [3.8, 4) is 0 Å². The standard InChI is InChI=1S/C18H23N3O/c1-15(2)17-8-5-16(6-9-17)7-10-18(22)19-11-3-13-21-14-4-12-20-21/h4-10,12,14-15H,3,11,13H2,1-2H3,(H,19,22)/b10-7+. The average molecular weight is 297 g/mol. The van der Waals surface area contributed by atoms with E-state index in [1.54, 1.807) is 12.3 Å². The Morgan fingerprint density at radius 2 is 2.09 bits per heavy atom. The molecule has 0 fully saturated rings. The van der Waals surface area contributed by atoms with Gasteiger partial charge in [-0.15, -0.1) is 0 Å². The Labute approximate surface area is 131 Å². The minimum absolute atomic E-state index is 0.0617. The molecule has 0 spiro atoms. The molecule has 116 valence electrons. The van der Waals surface area contributed by atoms with E-state index >= 15 is 0 Å². The van der Waals surface area contributed by atoms with Crippen LogP contribution in [0.5, 0.6) is 0 Å². The van der Waals surface area contributed by atoms with Crippen LogP contribution in [0.2, 0.25) is 0 Å². The Morgan fingerprint density at radius 1 is 1.32 bits per heavy atom. The molecule has 1 aromatic heterocycles. The highest BCUT2D eigenvalue weighted by Gasteiger charge is 1.98. The van der Waals surface area contributed by atoms with Crippen LogP contribution in [0, 0.1) is 0 Å². The van der Waals surface area contributed by atoms with Gasteiger partial charge in [-0.3, -0.25) is 9.48 Å². The molecule has 1 heterocycles. The van der Waals surface area contributed by atoms with E-state index in [-0.39, 0.29) is 5.91 Å². The fourth-order valence-corrected chi connectivity index (χ4v) is 2.11. The van der Waals surface area contributed by atoms with Crippen LogP contribution >= 0.6 is 0 Å². The van der Waals surface area contributed by atoms with E-state index in [0.717, 1.165) is 18.5 Å². The zero-order valence-corrected chi connectivity index (χ0v) is 13.2. The second kappa shape index (κ2) is 8.17. The lowest BCUT2D eigenvalue weighted by molar-refractivity contribution is -0.116. The summed E-state index contributed by atoms with van der Waals surface area (Å²) in [6.07, 6.45) is 7.96. The van der Waals surface area contributed by atoms with Gasteiger partial charge in [0.2, 0.25) is 5.91 Å². The van der Waals surface area contributed by atoms with Gasteiger partial charge in [0.1, 0.15) is 0 Å². The van der Waals surface area contributed by atoms with Crippen molar-refractivity contribution in [3.63, 3.8) is 0 Å². The van der Waals surface area contributed by atoms with E-state index in [1.807, 2.05) is 35.2 Å². The number of amides is 1. The van der Waals surface area contributed by atoms with Crippen molar-refractivity contribution in [1.29, 1.82) is 0 Å². The third kappa shape index (κ3) is 5.20. The summed E-state index contributed by atoms with van der Waals surface area (Å²) in [5.41, 5.74) is 2.34. The molecule has 0 saturated heterocycles. The number of benzene rings is 1. The first kappa shape index (κ1) is 16.0. The van der Waals surface area contributed by atoms with Crippen molar-refractivity contribution in [1.82, 2.24) is 15.1 Å². The summed E-state index contributed by atoms with van der Waals surface area (Å²) >= 11 is 0. The molecule has 1 N–H and O–H groups in total. The van der Waals surface area contributed by atoms with Gasteiger partial charge in [0.25, 0.3) is 0 Å². The lowest BCUT2D eigenvalue weighted by atomic mass is 10.0. The third-order valence-electron chi connectivity index (χ3n) is 3.45. The Kier molecular flexibility index (Phi) is 5.95. The summed E-state index contributed by atoms with van der Waals surface area (Å²) < 4.78 is 1.86. The van der Waals surface area contributed by atoms with Crippen LogP contribution < -0.4 is 5.32 Å². The fraction of sp³-hybridized carbons (Fsp3) is 0.333. The van der Waals surface area contributed by atoms with Gasteiger partial charge < -0.3 is 5.32 Å². The smallest absolute Gasteiger partial charge is 0.244 e. The number of hydrogen-bond acceptors (Lipinski definition) is 2. The molecular formula is C18H23N3O. The molecule has 0 atom stereocenters. The first-order valence-electron chi connectivity index (χ1n) is 7.68. The van der Waals surface area contributed by atoms with Gasteiger partial charge in [-0.2, -0.15) is 5.10 Å². The highest BCUT2D eigenvalue weighted by atomic mass is 16.1. The van der Waals surface area contributed by atoms with Crippen molar-refractivity contribution >= 4 is 12.0 Å². The zero-order valence-electron chi connectivity index (χ0n) is 13.2. The molecule has 0 unspecified atom stereocenters. The van der Waals surface area contributed by atoms with E-state index < -0.39 is 0 Å². The monoisotopic (exact) mass is 297 g/mol. The Morgan fingerprint density at radius 3 is 2.73 bits per heavy atom. The van der Waals surface area contributed by atoms with Crippen molar-refractivity contribution in [2.45, 2.75) is 32.7 Å². The minimum Gasteiger partial charge on any atom is -0.352 e. The molecule has 1 amide bonds. The predicted octanol–water partition coefficient (Wildman–Crippen LogP) is 3.23. The summed E-state index contributed by atoms with van der Waals surface area (Å²) in [6, 6.07) is 10.2. The third-order valence-corrected chi connectivity index (χ3v) is 3.45. The quantitative estimate of drug-likeness (QED) is 0.630. The topological polar surface area (TPSA) is 46.9 Å². The number of nitrogens with zero attached hydrogens (tertiary/aromatic N) is 2. The summed E-state index contributed by atoms with van der Waals surface area (Å²) in [4.78, 5) is 11.7. The first-order valence-corrected chi connectivity index (χ1v) is 7.68. The van der Waals surface area contributed by atoms with Gasteiger partial charge >= 0.3 is 0 Å². The molecule has 2 aromatic rings. The Bertz CT molecular complexity index is 598. The van der Waals surface area contributed by atoms with Crippen LogP contribution in [0.25, 0.3) is 6.08 Å². The van der Waals surface area contributed by atoms with Gasteiger partial charge in [0, 0.05) is 31.6 Å². The van der Waals surface area contributed by atoms with Crippen LogP contribution in [0.15, 0.2) is 48.8 Å². The normalized spacial score (nSPS) is 11.2. The molecular weight excluding hydrogens is 274 g/mol. The molecule has 0 aliphatic rings. The van der Waals surface area contributed by atoms with Crippen molar-refractivity contribution in [2.75, 3.05) is 6.54 Å². The van der Waals surface area contributed by atoms with Crippen LogP contribution in [-0.4, -0.2) is 22.2 Å². The highest BCUT2D eigenvalue weighted by molar-refractivity contribution is 5.91. The molecule has 2 rings (SSSR count). The summed E-state index contributed by atoms with van der Waals surface area (Å²) in [7, 11) is 0. The maximum absolute atomic E-state index is 11.7. The lowest BCUT2D eigenvalue weighted by Crippen LogP contribution is -2.23. The summed E-state index contributed by atoms with van der Waals surface area (Å²) in [5, 5.41) is 7.00. The largest absolute Gasteiger partial charge is 0.352 e. The highest BCUT2D eigenvalue weighted by Crippen LogP contribution is 2.15. The Hall–Kier alpha value is -2.36. The second-order valence-electron chi connectivity index (χ2n) is 5.57. The fourth-order valence-electron chi connectivity index (χ4n) is 2.11. The number of nitrogens with one attached hydrogen (secondary N) is 1. The van der Waals surface area contributed by atoms with E-state index in [1.165, 1.54) is 5.56 Å². The Balaban J connectivity index is 1.71. The maximum atomic E-state index is 11.7. The first-order chi connectivity index (χ1) is 10.6. The maximum Gasteiger partial charge on any atom is 0.244 e. The van der Waals surface area contributed by atoms with E-state index in [9.17, 15) is 4.79 Å². The summed E-state index contributed by atoms with van der Waals surface area (Å²) in [6.45, 7) is 5.80. The lowest BCUT2D eigenvalue weighted by Gasteiger charge is -2.05. The van der Waals surface area contributed by atoms with Crippen LogP contribution in [0.4, 0.5) is 0 Å². The number of carbonyl (C=O) groups is 1. The number of hydrogen-bond donors (Lipinski definition) is 1. The molecule has 0 saturated carbocycles. The molecule has 4 nitrogen and oxygen atoms in total. The van der Waals surface area contributed by atoms with Gasteiger partial charge in [0.15, 0.2) is 0 Å². The molecule has 4 heteroatoms. The van der Waals surface area contributed by atoms with E-state index in [0.29, 0.717) is 12.5 Å². The van der Waals surface area contributed by atoms with Gasteiger partial charge in [0.05, 0.1) is 0 Å². The molecule has 0 aliphatic heterocycles. The number of rotatable bonds is 7. The number of aromatic nitrogens is 2. The van der Waals surface area contributed by atoms with Crippen molar-refractivity contribution < 1.29 is 4.79 Å². The van der Waals surface area contributed by atoms with Crippen molar-refractivity contribution in [3.05, 3.63) is 59.9 Å². The molecule has 0 aliphatic carbocycles. The number of carbonyl (C=O) groups excluding carboxylic acids is 1. The van der Waals surface area contributed by atoms with Crippen LogP contribution in [0.3, 0.4) is 0 Å². The van der Waals surface area contributed by atoms with E-state index in [4.69, 9.17) is 0 Å². The van der Waals surface area contributed by atoms with E-state index in [2.05, 4.69) is 36.4 Å². The molecule has 1 aromatic carbocycles.